The lowest BCUT2D eigenvalue weighted by Gasteiger charge is -2.35. The van der Waals surface area contributed by atoms with E-state index in [1.165, 1.54) is 6.07 Å². The zero-order chi connectivity index (χ0) is 14.8. The van der Waals surface area contributed by atoms with Crippen LogP contribution in [0.3, 0.4) is 0 Å². The molecule has 1 heterocycles. The van der Waals surface area contributed by atoms with E-state index >= 15 is 0 Å². The maximum atomic E-state index is 13.9. The lowest BCUT2D eigenvalue weighted by molar-refractivity contribution is -0.143. The normalized spacial score (nSPS) is 29.6. The molecule has 0 unspecified atom stereocenters. The Balaban J connectivity index is 1.71. The third kappa shape index (κ3) is 2.94. The van der Waals surface area contributed by atoms with Crippen LogP contribution in [0.15, 0.2) is 24.3 Å². The van der Waals surface area contributed by atoms with Gasteiger partial charge in [0.25, 0.3) is 0 Å². The summed E-state index contributed by atoms with van der Waals surface area (Å²) in [6.07, 6.45) is 2.40. The minimum Gasteiger partial charge on any atom is -0.370 e. The summed E-state index contributed by atoms with van der Waals surface area (Å²) in [4.78, 5) is 14.4. The highest BCUT2D eigenvalue weighted by atomic mass is 19.1. The van der Waals surface area contributed by atoms with Gasteiger partial charge in [0.15, 0.2) is 0 Å². The van der Waals surface area contributed by atoms with E-state index in [1.807, 2.05) is 0 Å². The number of ether oxygens (including phenoxy) is 1. The van der Waals surface area contributed by atoms with Gasteiger partial charge in [-0.25, -0.2) is 4.39 Å². The van der Waals surface area contributed by atoms with E-state index in [-0.39, 0.29) is 29.8 Å². The molecule has 3 atom stereocenters. The molecular weight excluding hydrogens is 271 g/mol. The topological polar surface area (TPSA) is 55.6 Å². The van der Waals surface area contributed by atoms with Crippen LogP contribution in [0.25, 0.3) is 0 Å². The number of nitrogens with two attached hydrogens (primary N) is 1. The third-order valence-corrected chi connectivity index (χ3v) is 4.52. The van der Waals surface area contributed by atoms with Gasteiger partial charge in [0, 0.05) is 18.2 Å². The van der Waals surface area contributed by atoms with E-state index in [0.29, 0.717) is 25.3 Å². The quantitative estimate of drug-likeness (QED) is 0.905. The fourth-order valence-corrected chi connectivity index (χ4v) is 3.30. The van der Waals surface area contributed by atoms with Crippen LogP contribution >= 0.6 is 0 Å². The maximum absolute atomic E-state index is 13.9. The molecule has 1 aliphatic carbocycles. The predicted molar refractivity (Wildman–Crippen MR) is 77.0 cm³/mol. The molecule has 1 aromatic rings. The zero-order valence-corrected chi connectivity index (χ0v) is 12.0. The van der Waals surface area contributed by atoms with Gasteiger partial charge in [-0.3, -0.25) is 4.79 Å². The van der Waals surface area contributed by atoms with Crippen LogP contribution in [0.5, 0.6) is 0 Å². The molecule has 1 aliphatic heterocycles. The maximum Gasteiger partial charge on any atom is 0.227 e. The van der Waals surface area contributed by atoms with Crippen LogP contribution in [-0.4, -0.2) is 36.5 Å². The van der Waals surface area contributed by atoms with Crippen molar-refractivity contribution < 1.29 is 13.9 Å². The molecule has 2 N–H and O–H groups in total. The highest BCUT2D eigenvalue weighted by molar-refractivity contribution is 5.80. The van der Waals surface area contributed by atoms with Gasteiger partial charge in [-0.15, -0.1) is 0 Å². The van der Waals surface area contributed by atoms with E-state index in [0.717, 1.165) is 19.3 Å². The molecule has 114 valence electrons. The second-order valence-corrected chi connectivity index (χ2v) is 5.87. The van der Waals surface area contributed by atoms with Crippen LogP contribution in [0, 0.1) is 11.7 Å². The van der Waals surface area contributed by atoms with Crippen molar-refractivity contribution in [3.05, 3.63) is 35.6 Å². The van der Waals surface area contributed by atoms with Gasteiger partial charge in [0.05, 0.1) is 19.1 Å². The highest BCUT2D eigenvalue weighted by Crippen LogP contribution is 2.29. The van der Waals surface area contributed by atoms with Crippen LogP contribution in [0.1, 0.15) is 30.9 Å². The standard InChI is InChI=1S/C16H21FN2O2/c17-13-6-2-1-4-11(13)15-10-19(8-9-21-15)16(20)12-5-3-7-14(12)18/h1-2,4,6,12,14-15H,3,5,7-10,18H2/t12-,14+,15-/m0/s1. The van der Waals surface area contributed by atoms with Crippen LogP contribution in [0.4, 0.5) is 4.39 Å². The van der Waals surface area contributed by atoms with Crippen molar-refractivity contribution in [3.8, 4) is 0 Å². The number of halogens is 1. The van der Waals surface area contributed by atoms with Crippen molar-refractivity contribution in [3.63, 3.8) is 0 Å². The zero-order valence-electron chi connectivity index (χ0n) is 12.0. The Kier molecular flexibility index (Phi) is 4.22. The number of hydrogen-bond donors (Lipinski definition) is 1. The van der Waals surface area contributed by atoms with Crippen molar-refractivity contribution in [2.75, 3.05) is 19.7 Å². The average molecular weight is 292 g/mol. The van der Waals surface area contributed by atoms with Crippen molar-refractivity contribution in [2.45, 2.75) is 31.4 Å². The highest BCUT2D eigenvalue weighted by Gasteiger charge is 2.36. The summed E-state index contributed by atoms with van der Waals surface area (Å²) in [5.41, 5.74) is 6.54. The molecule has 0 bridgehead atoms. The number of morpholine rings is 1. The third-order valence-electron chi connectivity index (χ3n) is 4.52. The molecule has 1 saturated heterocycles. The minimum atomic E-state index is -0.387. The lowest BCUT2D eigenvalue weighted by Crippen LogP contribution is -2.47. The van der Waals surface area contributed by atoms with Crippen molar-refractivity contribution >= 4 is 5.91 Å². The first-order chi connectivity index (χ1) is 10.2. The van der Waals surface area contributed by atoms with Gasteiger partial charge in [-0.1, -0.05) is 24.6 Å². The number of amides is 1. The average Bonchev–Trinajstić information content (AvgIpc) is 2.93. The van der Waals surface area contributed by atoms with Gasteiger partial charge >= 0.3 is 0 Å². The summed E-state index contributed by atoms with van der Waals surface area (Å²) in [6, 6.07) is 6.55. The Morgan fingerprint density at radius 1 is 1.33 bits per heavy atom. The molecule has 1 amide bonds. The summed E-state index contributed by atoms with van der Waals surface area (Å²) >= 11 is 0. The first kappa shape index (κ1) is 14.5. The Labute approximate surface area is 124 Å². The first-order valence-electron chi connectivity index (χ1n) is 7.57. The molecular formula is C16H21FN2O2. The molecule has 4 nitrogen and oxygen atoms in total. The molecule has 2 aliphatic rings. The lowest BCUT2D eigenvalue weighted by atomic mass is 10.0. The number of hydrogen-bond acceptors (Lipinski definition) is 3. The Morgan fingerprint density at radius 2 is 2.14 bits per heavy atom. The smallest absolute Gasteiger partial charge is 0.227 e. The second kappa shape index (κ2) is 6.12. The Morgan fingerprint density at radius 3 is 2.86 bits per heavy atom. The fraction of sp³-hybridized carbons (Fsp3) is 0.562. The van der Waals surface area contributed by atoms with E-state index in [1.54, 1.807) is 23.1 Å². The fourth-order valence-electron chi connectivity index (χ4n) is 3.30. The number of rotatable bonds is 2. The molecule has 0 spiro atoms. The number of carbonyl (C=O) groups excluding carboxylic acids is 1. The molecule has 0 aromatic heterocycles. The van der Waals surface area contributed by atoms with Gasteiger partial charge in [-0.2, -0.15) is 0 Å². The Hall–Kier alpha value is -1.46. The van der Waals surface area contributed by atoms with Gasteiger partial charge in [-0.05, 0) is 18.9 Å². The summed E-state index contributed by atoms with van der Waals surface area (Å²) in [6.45, 7) is 1.41. The first-order valence-corrected chi connectivity index (χ1v) is 7.57. The van der Waals surface area contributed by atoms with E-state index in [9.17, 15) is 9.18 Å². The molecule has 0 radical (unpaired) electrons. The predicted octanol–water partition coefficient (Wildman–Crippen LogP) is 1.85. The SMILES string of the molecule is N[C@@H]1CCC[C@@H]1C(=O)N1CCO[C@H](c2ccccc2F)C1. The minimum absolute atomic E-state index is 0.0349. The number of carbonyl (C=O) groups is 1. The van der Waals surface area contributed by atoms with Crippen LogP contribution in [-0.2, 0) is 9.53 Å². The van der Waals surface area contributed by atoms with Gasteiger partial charge < -0.3 is 15.4 Å². The summed E-state index contributed by atoms with van der Waals surface area (Å²) < 4.78 is 19.5. The van der Waals surface area contributed by atoms with Crippen molar-refractivity contribution in [1.82, 2.24) is 4.90 Å². The van der Waals surface area contributed by atoms with Crippen LogP contribution < -0.4 is 5.73 Å². The molecule has 1 aromatic carbocycles. The molecule has 21 heavy (non-hydrogen) atoms. The largest absolute Gasteiger partial charge is 0.370 e. The number of benzene rings is 1. The number of nitrogens with zero attached hydrogens (tertiary/aromatic N) is 1. The molecule has 3 rings (SSSR count). The van der Waals surface area contributed by atoms with Gasteiger partial charge in [0.1, 0.15) is 11.9 Å². The summed E-state index contributed by atoms with van der Waals surface area (Å²) in [5, 5.41) is 0. The van der Waals surface area contributed by atoms with Crippen molar-refractivity contribution in [2.24, 2.45) is 11.7 Å². The molecule has 5 heteroatoms. The molecule has 1 saturated carbocycles. The van der Waals surface area contributed by atoms with Gasteiger partial charge in [0.2, 0.25) is 5.91 Å². The monoisotopic (exact) mass is 292 g/mol. The summed E-state index contributed by atoms with van der Waals surface area (Å²) in [5.74, 6) is -0.261. The molecule has 2 fully saturated rings. The summed E-state index contributed by atoms with van der Waals surface area (Å²) in [7, 11) is 0. The second-order valence-electron chi connectivity index (χ2n) is 5.87. The van der Waals surface area contributed by atoms with Crippen molar-refractivity contribution in [1.29, 1.82) is 0 Å². The Bertz CT molecular complexity index is 523. The van der Waals surface area contributed by atoms with E-state index in [4.69, 9.17) is 10.5 Å². The van der Waals surface area contributed by atoms with E-state index < -0.39 is 0 Å². The van der Waals surface area contributed by atoms with Crippen LogP contribution in [0.2, 0.25) is 0 Å². The van der Waals surface area contributed by atoms with E-state index in [2.05, 4.69) is 0 Å².